The van der Waals surface area contributed by atoms with Crippen LogP contribution in [0.25, 0.3) is 0 Å². The van der Waals surface area contributed by atoms with Gasteiger partial charge in [0, 0.05) is 22.7 Å². The molecule has 2 aromatic rings. The molecular weight excluding hydrogens is 270 g/mol. The summed E-state index contributed by atoms with van der Waals surface area (Å²) in [5, 5.41) is 6.27. The minimum atomic E-state index is 0.0272. The van der Waals surface area contributed by atoms with E-state index >= 15 is 0 Å². The van der Waals surface area contributed by atoms with Gasteiger partial charge < -0.3 is 10.6 Å². The Balaban J connectivity index is 2.00. The van der Waals surface area contributed by atoms with Crippen LogP contribution in [0.3, 0.4) is 0 Å². The van der Waals surface area contributed by atoms with E-state index in [0.29, 0.717) is 6.42 Å². The molecule has 0 aliphatic rings. The van der Waals surface area contributed by atoms with Gasteiger partial charge in [0.2, 0.25) is 5.91 Å². The number of carbonyl (C=O) groups excluding carboxylic acids is 1. The molecule has 1 heterocycles. The van der Waals surface area contributed by atoms with Crippen LogP contribution in [0.2, 0.25) is 0 Å². The number of rotatable bonds is 5. The van der Waals surface area contributed by atoms with Gasteiger partial charge in [-0.1, -0.05) is 6.92 Å². The highest BCUT2D eigenvalue weighted by Gasteiger charge is 2.10. The predicted molar refractivity (Wildman–Crippen MR) is 84.3 cm³/mol. The second-order valence-corrected chi connectivity index (χ2v) is 5.53. The molecule has 2 N–H and O–H groups in total. The van der Waals surface area contributed by atoms with Crippen molar-refractivity contribution in [2.75, 3.05) is 10.6 Å². The molecule has 0 spiro atoms. The molecule has 0 saturated carbocycles. The number of carbonyl (C=O) groups is 1. The SMILES string of the molecule is CCC(=O)Nc1ccc(NC(C)c2scnc2C)cc1. The Morgan fingerprint density at radius 2 is 1.95 bits per heavy atom. The minimum Gasteiger partial charge on any atom is -0.378 e. The van der Waals surface area contributed by atoms with Gasteiger partial charge in [-0.3, -0.25) is 4.79 Å². The molecule has 20 heavy (non-hydrogen) atoms. The van der Waals surface area contributed by atoms with Crippen molar-refractivity contribution in [3.05, 3.63) is 40.3 Å². The van der Waals surface area contributed by atoms with Crippen LogP contribution in [0.4, 0.5) is 11.4 Å². The number of nitrogens with zero attached hydrogens (tertiary/aromatic N) is 1. The van der Waals surface area contributed by atoms with E-state index in [4.69, 9.17) is 0 Å². The second-order valence-electron chi connectivity index (χ2n) is 4.65. The highest BCUT2D eigenvalue weighted by Crippen LogP contribution is 2.25. The van der Waals surface area contributed by atoms with Crippen molar-refractivity contribution in [3.8, 4) is 0 Å². The maximum absolute atomic E-state index is 11.3. The molecule has 1 atom stereocenters. The van der Waals surface area contributed by atoms with Crippen LogP contribution in [0, 0.1) is 6.92 Å². The molecule has 106 valence electrons. The van der Waals surface area contributed by atoms with Crippen LogP contribution in [-0.2, 0) is 4.79 Å². The molecule has 4 nitrogen and oxygen atoms in total. The smallest absolute Gasteiger partial charge is 0.224 e. The van der Waals surface area contributed by atoms with E-state index in [1.54, 1.807) is 11.3 Å². The van der Waals surface area contributed by atoms with Gasteiger partial charge in [0.05, 0.1) is 17.2 Å². The fraction of sp³-hybridized carbons (Fsp3) is 0.333. The first-order valence-corrected chi connectivity index (χ1v) is 7.54. The molecule has 0 aliphatic carbocycles. The summed E-state index contributed by atoms with van der Waals surface area (Å²) in [7, 11) is 0. The van der Waals surface area contributed by atoms with Gasteiger partial charge in [0.25, 0.3) is 0 Å². The van der Waals surface area contributed by atoms with Crippen molar-refractivity contribution >= 4 is 28.6 Å². The molecule has 5 heteroatoms. The van der Waals surface area contributed by atoms with Crippen LogP contribution >= 0.6 is 11.3 Å². The first kappa shape index (κ1) is 14.5. The van der Waals surface area contributed by atoms with Crippen LogP contribution in [0.5, 0.6) is 0 Å². The number of aromatic nitrogens is 1. The number of hydrogen-bond donors (Lipinski definition) is 2. The van der Waals surface area contributed by atoms with Gasteiger partial charge in [-0.2, -0.15) is 0 Å². The molecule has 1 aromatic carbocycles. The molecule has 1 unspecified atom stereocenters. The third-order valence-corrected chi connectivity index (χ3v) is 4.16. The molecule has 0 saturated heterocycles. The van der Waals surface area contributed by atoms with E-state index in [2.05, 4.69) is 22.5 Å². The molecule has 0 radical (unpaired) electrons. The number of amides is 1. The largest absolute Gasteiger partial charge is 0.378 e. The summed E-state index contributed by atoms with van der Waals surface area (Å²) in [5.41, 5.74) is 4.79. The van der Waals surface area contributed by atoms with Crippen LogP contribution in [-0.4, -0.2) is 10.9 Å². The Morgan fingerprint density at radius 3 is 2.50 bits per heavy atom. The monoisotopic (exact) mass is 289 g/mol. The van der Waals surface area contributed by atoms with Gasteiger partial charge in [0.1, 0.15) is 0 Å². The summed E-state index contributed by atoms with van der Waals surface area (Å²) >= 11 is 1.66. The average Bonchev–Trinajstić information content (AvgIpc) is 2.87. The van der Waals surface area contributed by atoms with Gasteiger partial charge in [-0.05, 0) is 38.1 Å². The maximum Gasteiger partial charge on any atom is 0.224 e. The third kappa shape index (κ3) is 3.57. The Hall–Kier alpha value is -1.88. The predicted octanol–water partition coefficient (Wildman–Crippen LogP) is 3.97. The lowest BCUT2D eigenvalue weighted by Gasteiger charge is -2.15. The number of hydrogen-bond acceptors (Lipinski definition) is 4. The summed E-state index contributed by atoms with van der Waals surface area (Å²) in [6.45, 7) is 5.98. The number of aryl methyl sites for hydroxylation is 1. The lowest BCUT2D eigenvalue weighted by atomic mass is 10.2. The van der Waals surface area contributed by atoms with Gasteiger partial charge in [0.15, 0.2) is 0 Å². The van der Waals surface area contributed by atoms with Gasteiger partial charge >= 0.3 is 0 Å². The van der Waals surface area contributed by atoms with Crippen LogP contribution in [0.15, 0.2) is 29.8 Å². The fourth-order valence-electron chi connectivity index (χ4n) is 1.94. The van der Waals surface area contributed by atoms with E-state index in [-0.39, 0.29) is 11.9 Å². The Labute approximate surface area is 123 Å². The molecule has 0 fully saturated rings. The number of anilines is 2. The maximum atomic E-state index is 11.3. The summed E-state index contributed by atoms with van der Waals surface area (Å²) in [6, 6.07) is 7.97. The zero-order valence-corrected chi connectivity index (χ0v) is 12.8. The number of benzene rings is 1. The first-order chi connectivity index (χ1) is 9.60. The van der Waals surface area contributed by atoms with E-state index < -0.39 is 0 Å². The van der Waals surface area contributed by atoms with E-state index in [0.717, 1.165) is 17.1 Å². The van der Waals surface area contributed by atoms with Crippen molar-refractivity contribution in [2.24, 2.45) is 0 Å². The molecule has 1 aromatic heterocycles. The average molecular weight is 289 g/mol. The van der Waals surface area contributed by atoms with E-state index in [1.807, 2.05) is 43.6 Å². The van der Waals surface area contributed by atoms with Gasteiger partial charge in [-0.25, -0.2) is 4.98 Å². The lowest BCUT2D eigenvalue weighted by molar-refractivity contribution is -0.115. The lowest BCUT2D eigenvalue weighted by Crippen LogP contribution is -2.10. The van der Waals surface area contributed by atoms with E-state index in [9.17, 15) is 4.79 Å². The zero-order valence-electron chi connectivity index (χ0n) is 11.9. The van der Waals surface area contributed by atoms with Gasteiger partial charge in [-0.15, -0.1) is 11.3 Å². The quantitative estimate of drug-likeness (QED) is 0.875. The Bertz CT molecular complexity index is 577. The number of thiazole rings is 1. The van der Waals surface area contributed by atoms with Crippen LogP contribution in [0.1, 0.15) is 36.9 Å². The second kappa shape index (κ2) is 6.52. The summed E-state index contributed by atoms with van der Waals surface area (Å²) < 4.78 is 0. The highest BCUT2D eigenvalue weighted by molar-refractivity contribution is 7.09. The highest BCUT2D eigenvalue weighted by atomic mass is 32.1. The Morgan fingerprint density at radius 1 is 1.30 bits per heavy atom. The Kier molecular flexibility index (Phi) is 4.74. The van der Waals surface area contributed by atoms with Crippen molar-refractivity contribution in [2.45, 2.75) is 33.2 Å². The van der Waals surface area contributed by atoms with Crippen molar-refractivity contribution < 1.29 is 4.79 Å². The molecule has 1 amide bonds. The summed E-state index contributed by atoms with van der Waals surface area (Å²) in [4.78, 5) is 16.8. The number of nitrogens with one attached hydrogen (secondary N) is 2. The third-order valence-electron chi connectivity index (χ3n) is 3.05. The molecular formula is C15H19N3OS. The fourth-order valence-corrected chi connectivity index (χ4v) is 2.75. The molecule has 0 aliphatic heterocycles. The normalized spacial score (nSPS) is 11.9. The molecule has 0 bridgehead atoms. The first-order valence-electron chi connectivity index (χ1n) is 6.66. The van der Waals surface area contributed by atoms with Crippen molar-refractivity contribution in [3.63, 3.8) is 0 Å². The van der Waals surface area contributed by atoms with Crippen molar-refractivity contribution in [1.29, 1.82) is 0 Å². The van der Waals surface area contributed by atoms with Crippen molar-refractivity contribution in [1.82, 2.24) is 4.98 Å². The standard InChI is InChI=1S/C15H19N3OS/c1-4-14(19)18-13-7-5-12(6-8-13)17-11(3)15-10(2)16-9-20-15/h5-9,11,17H,4H2,1-3H3,(H,18,19). The molecule has 2 rings (SSSR count). The van der Waals surface area contributed by atoms with Crippen LogP contribution < -0.4 is 10.6 Å². The minimum absolute atomic E-state index is 0.0272. The summed E-state index contributed by atoms with van der Waals surface area (Å²) in [6.07, 6.45) is 0.488. The topological polar surface area (TPSA) is 54.0 Å². The zero-order chi connectivity index (χ0) is 14.5. The van der Waals surface area contributed by atoms with E-state index in [1.165, 1.54) is 4.88 Å². The summed E-state index contributed by atoms with van der Waals surface area (Å²) in [5.74, 6) is 0.0272.